The Morgan fingerprint density at radius 3 is 2.58 bits per heavy atom. The summed E-state index contributed by atoms with van der Waals surface area (Å²) in [6.07, 6.45) is -1.78. The van der Waals surface area contributed by atoms with Crippen LogP contribution in [0.15, 0.2) is 48.8 Å². The molecule has 4 nitrogen and oxygen atoms in total. The Labute approximate surface area is 135 Å². The Balaban J connectivity index is 2.45. The fraction of sp³-hybridized carbons (Fsp3) is 0.176. The van der Waals surface area contributed by atoms with Crippen molar-refractivity contribution in [3.63, 3.8) is 0 Å². The number of pyridine rings is 2. The van der Waals surface area contributed by atoms with Gasteiger partial charge >= 0.3 is 12.1 Å². The molecule has 0 fully saturated rings. The molecule has 3 rings (SSSR count). The highest BCUT2D eigenvalue weighted by Crippen LogP contribution is 2.41. The standard InChI is InChI=1S/C17H13F3N2O2/c1-2-24-16(23)13-14(17(18,19)20)12-8-4-6-10-22(12)15(13)11-7-3-5-9-21-11/h3-10H,2H2,1H3. The second-order valence-corrected chi connectivity index (χ2v) is 4.99. The molecule has 7 heteroatoms. The molecule has 0 saturated heterocycles. The van der Waals surface area contributed by atoms with E-state index in [1.165, 1.54) is 28.9 Å². The summed E-state index contributed by atoms with van der Waals surface area (Å²) < 4.78 is 47.2. The van der Waals surface area contributed by atoms with Gasteiger partial charge in [-0.2, -0.15) is 13.2 Å². The van der Waals surface area contributed by atoms with E-state index in [9.17, 15) is 18.0 Å². The van der Waals surface area contributed by atoms with Crippen molar-refractivity contribution >= 4 is 11.5 Å². The highest BCUT2D eigenvalue weighted by atomic mass is 19.4. The number of aromatic nitrogens is 2. The average Bonchev–Trinajstić information content (AvgIpc) is 2.91. The van der Waals surface area contributed by atoms with Crippen LogP contribution in [0.3, 0.4) is 0 Å². The predicted octanol–water partition coefficient (Wildman–Crippen LogP) is 4.20. The number of rotatable bonds is 3. The van der Waals surface area contributed by atoms with E-state index in [2.05, 4.69) is 4.98 Å². The normalized spacial score (nSPS) is 11.7. The van der Waals surface area contributed by atoms with Gasteiger partial charge in [0, 0.05) is 12.4 Å². The predicted molar refractivity (Wildman–Crippen MR) is 81.6 cm³/mol. The van der Waals surface area contributed by atoms with E-state index >= 15 is 0 Å². The fourth-order valence-corrected chi connectivity index (χ4v) is 2.65. The summed E-state index contributed by atoms with van der Waals surface area (Å²) in [5, 5.41) is 0. The summed E-state index contributed by atoms with van der Waals surface area (Å²) in [4.78, 5) is 16.4. The lowest BCUT2D eigenvalue weighted by Crippen LogP contribution is -2.14. The summed E-state index contributed by atoms with van der Waals surface area (Å²) in [5.41, 5.74) is -1.32. The number of carbonyl (C=O) groups excluding carboxylic acids is 1. The van der Waals surface area contributed by atoms with Crippen LogP contribution in [0.5, 0.6) is 0 Å². The van der Waals surface area contributed by atoms with Gasteiger partial charge in [0.25, 0.3) is 0 Å². The SMILES string of the molecule is CCOC(=O)c1c(C(F)(F)F)c2ccccn2c1-c1ccccn1. The van der Waals surface area contributed by atoms with Crippen molar-refractivity contribution in [1.82, 2.24) is 9.38 Å². The molecule has 0 aliphatic rings. The molecular formula is C17H13F3N2O2. The molecule has 0 spiro atoms. The zero-order valence-corrected chi connectivity index (χ0v) is 12.7. The first-order valence-electron chi connectivity index (χ1n) is 7.24. The maximum atomic E-state index is 13.7. The van der Waals surface area contributed by atoms with Crippen LogP contribution in [0.25, 0.3) is 16.9 Å². The molecule has 0 amide bonds. The monoisotopic (exact) mass is 334 g/mol. The number of ether oxygens (including phenoxy) is 1. The molecule has 0 aliphatic carbocycles. The van der Waals surface area contributed by atoms with E-state index in [4.69, 9.17) is 4.74 Å². The Morgan fingerprint density at radius 1 is 1.21 bits per heavy atom. The quantitative estimate of drug-likeness (QED) is 0.674. The van der Waals surface area contributed by atoms with Gasteiger partial charge in [-0.25, -0.2) is 4.79 Å². The first-order valence-corrected chi connectivity index (χ1v) is 7.24. The number of fused-ring (bicyclic) bond motifs is 1. The molecule has 0 aromatic carbocycles. The molecule has 3 aromatic heterocycles. The van der Waals surface area contributed by atoms with Crippen molar-refractivity contribution in [2.45, 2.75) is 13.1 Å². The van der Waals surface area contributed by atoms with Crippen molar-refractivity contribution in [3.05, 3.63) is 59.9 Å². The molecule has 0 bridgehead atoms. The van der Waals surface area contributed by atoms with Gasteiger partial charge < -0.3 is 9.14 Å². The molecule has 124 valence electrons. The van der Waals surface area contributed by atoms with Gasteiger partial charge in [0.1, 0.15) is 5.56 Å². The largest absolute Gasteiger partial charge is 0.462 e. The number of hydrogen-bond acceptors (Lipinski definition) is 3. The Bertz CT molecular complexity index is 886. The van der Waals surface area contributed by atoms with Crippen LogP contribution in [0.1, 0.15) is 22.8 Å². The third-order valence-electron chi connectivity index (χ3n) is 3.51. The van der Waals surface area contributed by atoms with Gasteiger partial charge in [0.15, 0.2) is 0 Å². The van der Waals surface area contributed by atoms with Crippen molar-refractivity contribution < 1.29 is 22.7 Å². The van der Waals surface area contributed by atoms with Crippen LogP contribution >= 0.6 is 0 Å². The van der Waals surface area contributed by atoms with Crippen molar-refractivity contribution in [1.29, 1.82) is 0 Å². The lowest BCUT2D eigenvalue weighted by molar-refractivity contribution is -0.136. The number of alkyl halides is 3. The van der Waals surface area contributed by atoms with E-state index in [0.717, 1.165) is 0 Å². The smallest absolute Gasteiger partial charge is 0.419 e. The molecule has 0 saturated carbocycles. The minimum atomic E-state index is -4.71. The van der Waals surface area contributed by atoms with Gasteiger partial charge in [0.2, 0.25) is 0 Å². The van der Waals surface area contributed by atoms with Crippen molar-refractivity contribution in [3.8, 4) is 11.4 Å². The minimum Gasteiger partial charge on any atom is -0.462 e. The van der Waals surface area contributed by atoms with Gasteiger partial charge in [-0.3, -0.25) is 4.98 Å². The molecule has 0 atom stereocenters. The summed E-state index contributed by atoms with van der Waals surface area (Å²) in [6.45, 7) is 1.52. The van der Waals surface area contributed by atoms with E-state index < -0.39 is 23.3 Å². The van der Waals surface area contributed by atoms with Gasteiger partial charge in [-0.1, -0.05) is 12.1 Å². The van der Waals surface area contributed by atoms with Gasteiger partial charge in [-0.15, -0.1) is 0 Å². The van der Waals surface area contributed by atoms with Gasteiger partial charge in [0.05, 0.1) is 29.1 Å². The van der Waals surface area contributed by atoms with Crippen molar-refractivity contribution in [2.75, 3.05) is 6.61 Å². The fourth-order valence-electron chi connectivity index (χ4n) is 2.65. The number of hydrogen-bond donors (Lipinski definition) is 0. The van der Waals surface area contributed by atoms with E-state index in [0.29, 0.717) is 0 Å². The number of halogens is 3. The first-order chi connectivity index (χ1) is 11.4. The summed E-state index contributed by atoms with van der Waals surface area (Å²) in [7, 11) is 0. The summed E-state index contributed by atoms with van der Waals surface area (Å²) in [6, 6.07) is 9.24. The van der Waals surface area contributed by atoms with Crippen LogP contribution in [0, 0.1) is 0 Å². The van der Waals surface area contributed by atoms with Crippen LogP contribution in [0.2, 0.25) is 0 Å². The topological polar surface area (TPSA) is 43.6 Å². The maximum Gasteiger partial charge on any atom is 0.419 e. The lowest BCUT2D eigenvalue weighted by Gasteiger charge is -2.09. The van der Waals surface area contributed by atoms with Crippen LogP contribution < -0.4 is 0 Å². The number of carbonyl (C=O) groups is 1. The zero-order chi connectivity index (χ0) is 17.3. The molecule has 0 N–H and O–H groups in total. The molecular weight excluding hydrogens is 321 g/mol. The van der Waals surface area contributed by atoms with E-state index in [-0.39, 0.29) is 23.5 Å². The van der Waals surface area contributed by atoms with Crippen LogP contribution in [0.4, 0.5) is 13.2 Å². The Kier molecular flexibility index (Phi) is 4.01. The molecule has 3 heterocycles. The van der Waals surface area contributed by atoms with Crippen LogP contribution in [-0.4, -0.2) is 22.0 Å². The summed E-state index contributed by atoms with van der Waals surface area (Å²) in [5.74, 6) is -1.02. The number of esters is 1. The van der Waals surface area contributed by atoms with E-state index in [1.807, 2.05) is 0 Å². The highest BCUT2D eigenvalue weighted by molar-refractivity contribution is 6.01. The third-order valence-corrected chi connectivity index (χ3v) is 3.51. The van der Waals surface area contributed by atoms with Crippen molar-refractivity contribution in [2.24, 2.45) is 0 Å². The Morgan fingerprint density at radius 2 is 1.96 bits per heavy atom. The van der Waals surface area contributed by atoms with E-state index in [1.54, 1.807) is 31.2 Å². The lowest BCUT2D eigenvalue weighted by atomic mass is 10.1. The second kappa shape index (κ2) is 5.99. The maximum absolute atomic E-state index is 13.7. The minimum absolute atomic E-state index is 0.0238. The molecule has 24 heavy (non-hydrogen) atoms. The highest BCUT2D eigenvalue weighted by Gasteiger charge is 2.42. The average molecular weight is 334 g/mol. The first kappa shape index (κ1) is 16.0. The van der Waals surface area contributed by atoms with Crippen LogP contribution in [-0.2, 0) is 10.9 Å². The molecule has 0 radical (unpaired) electrons. The second-order valence-electron chi connectivity index (χ2n) is 4.99. The van der Waals surface area contributed by atoms with Gasteiger partial charge in [-0.05, 0) is 31.2 Å². The summed E-state index contributed by atoms with van der Waals surface area (Å²) >= 11 is 0. The number of nitrogens with zero attached hydrogens (tertiary/aromatic N) is 2. The third kappa shape index (κ3) is 2.62. The molecule has 3 aromatic rings. The molecule has 0 unspecified atom stereocenters. The Hall–Kier alpha value is -2.83. The zero-order valence-electron chi connectivity index (χ0n) is 12.7. The molecule has 0 aliphatic heterocycles.